The smallest absolute Gasteiger partial charge is 0.172 e. The minimum atomic E-state index is -0.222. The highest BCUT2D eigenvalue weighted by Crippen LogP contribution is 2.44. The lowest BCUT2D eigenvalue weighted by Crippen LogP contribution is -2.39. The topological polar surface area (TPSA) is 76.5 Å². The normalized spacial score (nSPS) is 18.7. The van der Waals surface area contributed by atoms with Gasteiger partial charge in [-0.25, -0.2) is 4.98 Å². The van der Waals surface area contributed by atoms with Gasteiger partial charge in [-0.3, -0.25) is 0 Å². The fourth-order valence-corrected chi connectivity index (χ4v) is 5.62. The van der Waals surface area contributed by atoms with E-state index in [1.54, 1.807) is 11.3 Å². The number of aromatic nitrogens is 4. The zero-order valence-electron chi connectivity index (χ0n) is 18.1. The van der Waals surface area contributed by atoms with Crippen LogP contribution in [0.2, 0.25) is 0 Å². The van der Waals surface area contributed by atoms with Crippen molar-refractivity contribution < 1.29 is 9.47 Å². The number of hydrogen-bond acceptors (Lipinski definition) is 9. The van der Waals surface area contributed by atoms with Gasteiger partial charge in [-0.1, -0.05) is 0 Å². The van der Waals surface area contributed by atoms with Gasteiger partial charge in [-0.05, 0) is 38.5 Å². The molecule has 30 heavy (non-hydrogen) atoms. The van der Waals surface area contributed by atoms with Gasteiger partial charge in [-0.2, -0.15) is 0 Å². The zero-order valence-corrected chi connectivity index (χ0v) is 18.9. The predicted molar refractivity (Wildman–Crippen MR) is 120 cm³/mol. The van der Waals surface area contributed by atoms with Crippen LogP contribution in [0.25, 0.3) is 20.4 Å². The first-order chi connectivity index (χ1) is 14.5. The summed E-state index contributed by atoms with van der Waals surface area (Å²) in [6.07, 6.45) is 0.829. The molecule has 0 unspecified atom stereocenters. The lowest BCUT2D eigenvalue weighted by atomic mass is 9.90. The van der Waals surface area contributed by atoms with Crippen LogP contribution in [0.3, 0.4) is 0 Å². The molecule has 9 heteroatoms. The summed E-state index contributed by atoms with van der Waals surface area (Å²) < 4.78 is 12.8. The van der Waals surface area contributed by atoms with Crippen molar-refractivity contribution in [2.24, 2.45) is 0 Å². The van der Waals surface area contributed by atoms with E-state index in [2.05, 4.69) is 52.9 Å². The summed E-state index contributed by atoms with van der Waals surface area (Å²) in [4.78, 5) is 10.7. The quantitative estimate of drug-likeness (QED) is 0.627. The fraction of sp³-hybridized carbons (Fsp3) is 0.619. The Morgan fingerprint density at radius 2 is 1.87 bits per heavy atom. The van der Waals surface area contributed by atoms with E-state index in [1.165, 1.54) is 11.1 Å². The molecular formula is C21H28N6O2S. The maximum atomic E-state index is 6.21. The Balaban J connectivity index is 1.79. The van der Waals surface area contributed by atoms with Crippen molar-refractivity contribution in [3.63, 3.8) is 0 Å². The lowest BCUT2D eigenvalue weighted by molar-refractivity contribution is -0.0396. The number of hydrogen-bond donors (Lipinski definition) is 0. The molecule has 3 aromatic rings. The summed E-state index contributed by atoms with van der Waals surface area (Å²) in [5.74, 6) is 1.94. The molecule has 0 N–H and O–H groups in total. The summed E-state index contributed by atoms with van der Waals surface area (Å²) in [7, 11) is 0. The third kappa shape index (κ3) is 3.19. The minimum Gasteiger partial charge on any atom is -0.378 e. The molecule has 0 saturated carbocycles. The van der Waals surface area contributed by atoms with Crippen LogP contribution in [0.15, 0.2) is 0 Å². The largest absolute Gasteiger partial charge is 0.378 e. The van der Waals surface area contributed by atoms with Crippen molar-refractivity contribution in [3.8, 4) is 0 Å². The van der Waals surface area contributed by atoms with Crippen molar-refractivity contribution in [2.45, 2.75) is 46.3 Å². The molecule has 1 fully saturated rings. The number of thiophene rings is 1. The number of pyridine rings is 1. The minimum absolute atomic E-state index is 0.222. The molecule has 3 aromatic heterocycles. The summed E-state index contributed by atoms with van der Waals surface area (Å²) in [6, 6.07) is 0. The Bertz CT molecular complexity index is 1090. The van der Waals surface area contributed by atoms with Crippen molar-refractivity contribution in [2.75, 3.05) is 49.2 Å². The van der Waals surface area contributed by atoms with E-state index in [1.807, 2.05) is 0 Å². The molecule has 1 saturated heterocycles. The van der Waals surface area contributed by atoms with Crippen LogP contribution in [-0.2, 0) is 22.5 Å². The van der Waals surface area contributed by atoms with Crippen molar-refractivity contribution >= 4 is 43.4 Å². The first kappa shape index (κ1) is 19.8. The summed E-state index contributed by atoms with van der Waals surface area (Å²) in [5, 5.41) is 14.1. The third-order valence-electron chi connectivity index (χ3n) is 6.08. The maximum absolute atomic E-state index is 6.21. The van der Waals surface area contributed by atoms with Crippen molar-refractivity contribution in [1.29, 1.82) is 0 Å². The van der Waals surface area contributed by atoms with Gasteiger partial charge in [-0.15, -0.1) is 21.5 Å². The highest BCUT2D eigenvalue weighted by Gasteiger charge is 2.33. The SMILES string of the molecule is CCN(CC)c1nnnc2c1sc1nc(N3CCOCC3)c3c(c12)CC(C)(C)OC3. The molecule has 0 spiro atoms. The van der Waals surface area contributed by atoms with Crippen LogP contribution < -0.4 is 9.80 Å². The number of rotatable bonds is 4. The van der Waals surface area contributed by atoms with Gasteiger partial charge in [0.05, 0.1) is 25.4 Å². The Morgan fingerprint density at radius 3 is 2.60 bits per heavy atom. The standard InChI is InChI=1S/C21H28N6O2S/c1-5-26(6-2)19-17-16(23-25-24-19)15-13-11-21(3,4)29-12-14(13)18(22-20(15)30-17)27-7-9-28-10-8-27/h5-12H2,1-4H3. The maximum Gasteiger partial charge on any atom is 0.172 e. The molecule has 8 nitrogen and oxygen atoms in total. The molecule has 0 aromatic carbocycles. The predicted octanol–water partition coefficient (Wildman–Crippen LogP) is 3.17. The molecule has 0 atom stereocenters. The lowest BCUT2D eigenvalue weighted by Gasteiger charge is -2.36. The van der Waals surface area contributed by atoms with E-state index < -0.39 is 0 Å². The number of morpholine rings is 1. The van der Waals surface area contributed by atoms with E-state index in [-0.39, 0.29) is 5.60 Å². The van der Waals surface area contributed by atoms with Gasteiger partial charge in [0.15, 0.2) is 5.82 Å². The molecule has 5 heterocycles. The molecule has 160 valence electrons. The highest BCUT2D eigenvalue weighted by molar-refractivity contribution is 7.26. The molecule has 2 aliphatic rings. The zero-order chi connectivity index (χ0) is 20.9. The molecule has 0 aliphatic carbocycles. The van der Waals surface area contributed by atoms with Crippen molar-refractivity contribution in [3.05, 3.63) is 11.1 Å². The van der Waals surface area contributed by atoms with Gasteiger partial charge in [0.25, 0.3) is 0 Å². The Kier molecular flexibility index (Phi) is 4.99. The average molecular weight is 429 g/mol. The second-order valence-electron chi connectivity index (χ2n) is 8.46. The molecular weight excluding hydrogens is 400 g/mol. The molecule has 2 aliphatic heterocycles. The van der Waals surface area contributed by atoms with E-state index in [9.17, 15) is 0 Å². The van der Waals surface area contributed by atoms with Crippen LogP contribution in [0.1, 0.15) is 38.8 Å². The van der Waals surface area contributed by atoms with E-state index >= 15 is 0 Å². The fourth-order valence-electron chi connectivity index (χ4n) is 4.47. The van der Waals surface area contributed by atoms with Gasteiger partial charge in [0, 0.05) is 43.5 Å². The second-order valence-corrected chi connectivity index (χ2v) is 9.46. The average Bonchev–Trinajstić information content (AvgIpc) is 3.13. The number of fused-ring (bicyclic) bond motifs is 5. The Morgan fingerprint density at radius 1 is 1.10 bits per heavy atom. The first-order valence-corrected chi connectivity index (χ1v) is 11.5. The Hall–Kier alpha value is -2.10. The summed E-state index contributed by atoms with van der Waals surface area (Å²) in [5.41, 5.74) is 3.18. The molecule has 5 rings (SSSR count). The number of nitrogens with zero attached hydrogens (tertiary/aromatic N) is 6. The van der Waals surface area contributed by atoms with E-state index in [4.69, 9.17) is 14.5 Å². The number of anilines is 2. The van der Waals surface area contributed by atoms with Gasteiger partial charge in [0.2, 0.25) is 0 Å². The Labute approximate surface area is 180 Å². The van der Waals surface area contributed by atoms with Crippen LogP contribution in [0.4, 0.5) is 11.6 Å². The summed E-state index contributed by atoms with van der Waals surface area (Å²) >= 11 is 1.68. The monoisotopic (exact) mass is 428 g/mol. The summed E-state index contributed by atoms with van der Waals surface area (Å²) in [6.45, 7) is 14.1. The first-order valence-electron chi connectivity index (χ1n) is 10.7. The van der Waals surface area contributed by atoms with Crippen molar-refractivity contribution in [1.82, 2.24) is 20.4 Å². The second kappa shape index (κ2) is 7.55. The van der Waals surface area contributed by atoms with Gasteiger partial charge >= 0.3 is 0 Å². The van der Waals surface area contributed by atoms with Crippen LogP contribution in [0.5, 0.6) is 0 Å². The van der Waals surface area contributed by atoms with Gasteiger partial charge in [0.1, 0.15) is 20.9 Å². The molecule has 0 amide bonds. The van der Waals surface area contributed by atoms with E-state index in [0.29, 0.717) is 6.61 Å². The third-order valence-corrected chi connectivity index (χ3v) is 7.15. The van der Waals surface area contributed by atoms with Crippen LogP contribution in [-0.4, -0.2) is 65.4 Å². The van der Waals surface area contributed by atoms with Crippen LogP contribution >= 0.6 is 11.3 Å². The van der Waals surface area contributed by atoms with Gasteiger partial charge < -0.3 is 19.3 Å². The highest BCUT2D eigenvalue weighted by atomic mass is 32.1. The van der Waals surface area contributed by atoms with Crippen LogP contribution in [0, 0.1) is 0 Å². The molecule has 0 radical (unpaired) electrons. The molecule has 0 bridgehead atoms. The van der Waals surface area contributed by atoms with E-state index in [0.717, 1.165) is 77.9 Å². The number of ether oxygens (including phenoxy) is 2.